The highest BCUT2D eigenvalue weighted by Crippen LogP contribution is 2.14. The molecule has 0 bridgehead atoms. The molecule has 6 nitrogen and oxygen atoms in total. The summed E-state index contributed by atoms with van der Waals surface area (Å²) in [4.78, 5) is 6.98. The van der Waals surface area contributed by atoms with Crippen molar-refractivity contribution in [2.75, 3.05) is 20.7 Å². The second-order valence-electron chi connectivity index (χ2n) is 7.42. The molecule has 0 fully saturated rings. The van der Waals surface area contributed by atoms with Gasteiger partial charge in [0, 0.05) is 19.6 Å². The average molecular weight is 548 g/mol. The second kappa shape index (κ2) is 13.8. The van der Waals surface area contributed by atoms with Gasteiger partial charge in [0.2, 0.25) is 0 Å². The zero-order chi connectivity index (χ0) is 21.9. The molecule has 0 spiro atoms. The molecular formula is C25H33IN4O2. The van der Waals surface area contributed by atoms with E-state index in [-0.39, 0.29) is 24.0 Å². The van der Waals surface area contributed by atoms with E-state index < -0.39 is 0 Å². The third kappa shape index (κ3) is 8.20. The smallest absolute Gasteiger partial charge is 0.191 e. The number of hydrogen-bond acceptors (Lipinski definition) is 4. The van der Waals surface area contributed by atoms with Crippen molar-refractivity contribution in [3.63, 3.8) is 0 Å². The molecule has 0 amide bonds. The van der Waals surface area contributed by atoms with Crippen LogP contribution in [0.15, 0.2) is 76.3 Å². The molecular weight excluding hydrogens is 515 g/mol. The third-order valence-electron chi connectivity index (χ3n) is 4.91. The van der Waals surface area contributed by atoms with Gasteiger partial charge in [-0.3, -0.25) is 4.90 Å². The predicted octanol–water partition coefficient (Wildman–Crippen LogP) is 4.79. The fraction of sp³-hybridized carbons (Fsp3) is 0.320. The van der Waals surface area contributed by atoms with Crippen LogP contribution in [-0.4, -0.2) is 31.6 Å². The van der Waals surface area contributed by atoms with Gasteiger partial charge in [0.05, 0.1) is 26.5 Å². The molecule has 0 aliphatic carbocycles. The zero-order valence-electron chi connectivity index (χ0n) is 19.0. The minimum atomic E-state index is 0. The number of hydrogen-bond donors (Lipinski definition) is 2. The van der Waals surface area contributed by atoms with Crippen molar-refractivity contribution in [3.8, 4) is 5.75 Å². The van der Waals surface area contributed by atoms with Crippen LogP contribution in [0.4, 0.5) is 0 Å². The molecule has 1 heterocycles. The average Bonchev–Trinajstić information content (AvgIpc) is 3.29. The van der Waals surface area contributed by atoms with E-state index in [4.69, 9.17) is 14.1 Å². The number of rotatable bonds is 10. The van der Waals surface area contributed by atoms with Crippen LogP contribution < -0.4 is 15.4 Å². The lowest BCUT2D eigenvalue weighted by Gasteiger charge is -2.19. The molecule has 0 saturated heterocycles. The molecule has 0 aliphatic rings. The van der Waals surface area contributed by atoms with Crippen LogP contribution in [0.25, 0.3) is 0 Å². The van der Waals surface area contributed by atoms with E-state index in [1.165, 1.54) is 11.1 Å². The van der Waals surface area contributed by atoms with E-state index >= 15 is 0 Å². The summed E-state index contributed by atoms with van der Waals surface area (Å²) in [7, 11) is 3.78. The number of halogens is 1. The third-order valence-corrected chi connectivity index (χ3v) is 4.91. The highest BCUT2D eigenvalue weighted by atomic mass is 127. The van der Waals surface area contributed by atoms with Crippen LogP contribution in [0.5, 0.6) is 5.75 Å². The van der Waals surface area contributed by atoms with E-state index in [2.05, 4.69) is 59.8 Å². The molecule has 3 aromatic rings. The Hall–Kier alpha value is -2.52. The predicted molar refractivity (Wildman–Crippen MR) is 140 cm³/mol. The number of benzene rings is 2. The fourth-order valence-corrected chi connectivity index (χ4v) is 3.36. The molecule has 0 radical (unpaired) electrons. The van der Waals surface area contributed by atoms with E-state index in [1.54, 1.807) is 13.4 Å². The van der Waals surface area contributed by atoms with Gasteiger partial charge in [-0.25, -0.2) is 4.99 Å². The highest BCUT2D eigenvalue weighted by Gasteiger charge is 2.08. The Morgan fingerprint density at radius 2 is 1.81 bits per heavy atom. The van der Waals surface area contributed by atoms with Crippen LogP contribution in [0.3, 0.4) is 0 Å². The van der Waals surface area contributed by atoms with Gasteiger partial charge >= 0.3 is 0 Å². The second-order valence-corrected chi connectivity index (χ2v) is 7.42. The standard InChI is InChI=1S/C25H32N4O2.HI/c1-4-26-25(27-16-20-9-7-12-23(15-20)30-3)28-17-21-10-5-6-11-22(21)18-29(2)19-24-13-8-14-31-24;/h5-15H,4,16-19H2,1-3H3,(H2,26,27,28);1H. The number of aliphatic imine (C=N–C) groups is 1. The minimum absolute atomic E-state index is 0. The van der Waals surface area contributed by atoms with Gasteiger partial charge in [0.1, 0.15) is 11.5 Å². The van der Waals surface area contributed by atoms with Crippen LogP contribution in [0, 0.1) is 0 Å². The molecule has 0 unspecified atom stereocenters. The first kappa shape index (κ1) is 25.7. The topological polar surface area (TPSA) is 62.0 Å². The van der Waals surface area contributed by atoms with Crippen LogP contribution in [-0.2, 0) is 26.2 Å². The molecule has 2 N–H and O–H groups in total. The summed E-state index contributed by atoms with van der Waals surface area (Å²) < 4.78 is 10.8. The Kier molecular flexibility index (Phi) is 11.1. The van der Waals surface area contributed by atoms with E-state index in [0.717, 1.165) is 42.7 Å². The molecule has 32 heavy (non-hydrogen) atoms. The summed E-state index contributed by atoms with van der Waals surface area (Å²) in [5, 5.41) is 6.79. The molecule has 172 valence electrons. The summed E-state index contributed by atoms with van der Waals surface area (Å²) in [6.45, 7) is 5.78. The van der Waals surface area contributed by atoms with Crippen molar-refractivity contribution in [1.29, 1.82) is 0 Å². The van der Waals surface area contributed by atoms with Gasteiger partial charge in [-0.05, 0) is 54.9 Å². The summed E-state index contributed by atoms with van der Waals surface area (Å²) >= 11 is 0. The lowest BCUT2D eigenvalue weighted by Crippen LogP contribution is -2.37. The van der Waals surface area contributed by atoms with Crippen molar-refractivity contribution in [2.24, 2.45) is 4.99 Å². The Labute approximate surface area is 208 Å². The maximum atomic E-state index is 5.47. The molecule has 0 atom stereocenters. The fourth-order valence-electron chi connectivity index (χ4n) is 3.36. The molecule has 3 rings (SSSR count). The molecule has 2 aromatic carbocycles. The van der Waals surface area contributed by atoms with Crippen molar-refractivity contribution >= 4 is 29.9 Å². The zero-order valence-corrected chi connectivity index (χ0v) is 21.3. The van der Waals surface area contributed by atoms with Crippen molar-refractivity contribution in [1.82, 2.24) is 15.5 Å². The first-order valence-electron chi connectivity index (χ1n) is 10.6. The summed E-state index contributed by atoms with van der Waals surface area (Å²) in [5.74, 6) is 2.61. The largest absolute Gasteiger partial charge is 0.497 e. The van der Waals surface area contributed by atoms with Gasteiger partial charge in [0.15, 0.2) is 5.96 Å². The first-order chi connectivity index (χ1) is 15.2. The SMILES string of the molecule is CCNC(=NCc1cccc(OC)c1)NCc1ccccc1CN(C)Cc1ccco1.I. The van der Waals surface area contributed by atoms with Crippen LogP contribution in [0.2, 0.25) is 0 Å². The van der Waals surface area contributed by atoms with Gasteiger partial charge in [0.25, 0.3) is 0 Å². The van der Waals surface area contributed by atoms with E-state index in [0.29, 0.717) is 13.1 Å². The lowest BCUT2D eigenvalue weighted by atomic mass is 10.1. The minimum Gasteiger partial charge on any atom is -0.497 e. The number of ether oxygens (including phenoxy) is 1. The van der Waals surface area contributed by atoms with Gasteiger partial charge in [-0.2, -0.15) is 0 Å². The number of nitrogens with one attached hydrogen (secondary N) is 2. The van der Waals surface area contributed by atoms with Crippen LogP contribution >= 0.6 is 24.0 Å². The number of guanidine groups is 1. The summed E-state index contributed by atoms with van der Waals surface area (Å²) in [5.41, 5.74) is 3.64. The Balaban J connectivity index is 0.00000363. The lowest BCUT2D eigenvalue weighted by molar-refractivity contribution is 0.287. The van der Waals surface area contributed by atoms with Crippen molar-refractivity contribution < 1.29 is 9.15 Å². The normalized spacial score (nSPS) is 11.2. The maximum Gasteiger partial charge on any atom is 0.191 e. The molecule has 1 aromatic heterocycles. The van der Waals surface area contributed by atoms with Crippen molar-refractivity contribution in [3.05, 3.63) is 89.4 Å². The maximum absolute atomic E-state index is 5.47. The van der Waals surface area contributed by atoms with Gasteiger partial charge in [-0.15, -0.1) is 24.0 Å². The number of nitrogens with zero attached hydrogens (tertiary/aromatic N) is 2. The Morgan fingerprint density at radius 3 is 2.53 bits per heavy atom. The molecule has 0 aliphatic heterocycles. The quantitative estimate of drug-likeness (QED) is 0.217. The molecule has 7 heteroatoms. The number of methoxy groups -OCH3 is 1. The van der Waals surface area contributed by atoms with Gasteiger partial charge in [-0.1, -0.05) is 36.4 Å². The Bertz CT molecular complexity index is 960. The van der Waals surface area contributed by atoms with E-state index in [9.17, 15) is 0 Å². The monoisotopic (exact) mass is 548 g/mol. The van der Waals surface area contributed by atoms with Crippen LogP contribution in [0.1, 0.15) is 29.4 Å². The molecule has 0 saturated carbocycles. The summed E-state index contributed by atoms with van der Waals surface area (Å²) in [6.07, 6.45) is 1.72. The number of furan rings is 1. The first-order valence-corrected chi connectivity index (χ1v) is 10.6. The highest BCUT2D eigenvalue weighted by molar-refractivity contribution is 14.0. The van der Waals surface area contributed by atoms with E-state index in [1.807, 2.05) is 30.3 Å². The van der Waals surface area contributed by atoms with Gasteiger partial charge < -0.3 is 19.8 Å². The van der Waals surface area contributed by atoms with Crippen molar-refractivity contribution in [2.45, 2.75) is 33.1 Å². The summed E-state index contributed by atoms with van der Waals surface area (Å²) in [6, 6.07) is 20.4. The Morgan fingerprint density at radius 1 is 1.00 bits per heavy atom.